The van der Waals surface area contributed by atoms with Crippen molar-refractivity contribution < 1.29 is 19.1 Å². The quantitative estimate of drug-likeness (QED) is 0.841. The molecule has 1 N–H and O–H groups in total. The molecule has 0 radical (unpaired) electrons. The average molecular weight is 269 g/mol. The maximum absolute atomic E-state index is 12.7. The molecule has 0 aromatic heterocycles. The Bertz CT molecular complexity index is 457. The molecule has 1 aromatic carbocycles. The van der Waals surface area contributed by atoms with Gasteiger partial charge in [-0.3, -0.25) is 9.59 Å². The number of thioether (sulfide) groups is 1. The van der Waals surface area contributed by atoms with E-state index in [0.717, 1.165) is 4.90 Å². The van der Waals surface area contributed by atoms with Crippen LogP contribution in [0.5, 0.6) is 0 Å². The Morgan fingerprint density at radius 3 is 2.50 bits per heavy atom. The molecule has 6 heteroatoms. The highest BCUT2D eigenvalue weighted by Crippen LogP contribution is 2.21. The first kappa shape index (κ1) is 12.9. The molecular formula is C12H12FNO3S. The van der Waals surface area contributed by atoms with Crippen molar-refractivity contribution in [1.82, 2.24) is 4.90 Å². The van der Waals surface area contributed by atoms with Crippen LogP contribution in [-0.4, -0.2) is 40.7 Å². The van der Waals surface area contributed by atoms with Gasteiger partial charge in [0.1, 0.15) is 5.82 Å². The Morgan fingerprint density at radius 1 is 1.33 bits per heavy atom. The highest BCUT2D eigenvalue weighted by Gasteiger charge is 2.35. The van der Waals surface area contributed by atoms with Crippen LogP contribution in [0.4, 0.5) is 4.39 Å². The van der Waals surface area contributed by atoms with Crippen LogP contribution < -0.4 is 0 Å². The molecular weight excluding hydrogens is 257 g/mol. The van der Waals surface area contributed by atoms with Crippen LogP contribution in [0.3, 0.4) is 0 Å². The standard InChI is InChI=1S/C12H12FNO3S/c13-9-1-3-10(4-2-9)18-7-11(15)14-5-8(6-14)12(16)17/h1-4,8H,5-7H2,(H,16,17). The number of carbonyl (C=O) groups is 2. The Balaban J connectivity index is 1.76. The van der Waals surface area contributed by atoms with Crippen molar-refractivity contribution in [2.45, 2.75) is 4.90 Å². The van der Waals surface area contributed by atoms with E-state index in [9.17, 15) is 14.0 Å². The third-order valence-corrected chi connectivity index (χ3v) is 3.76. The molecule has 1 amide bonds. The minimum Gasteiger partial charge on any atom is -0.481 e. The third kappa shape index (κ3) is 3.01. The van der Waals surface area contributed by atoms with Gasteiger partial charge >= 0.3 is 5.97 Å². The van der Waals surface area contributed by atoms with Crippen LogP contribution in [0, 0.1) is 11.7 Å². The van der Waals surface area contributed by atoms with Crippen molar-refractivity contribution in [3.8, 4) is 0 Å². The van der Waals surface area contributed by atoms with Crippen molar-refractivity contribution >= 4 is 23.6 Å². The molecule has 1 fully saturated rings. The van der Waals surface area contributed by atoms with Gasteiger partial charge in [-0.2, -0.15) is 0 Å². The highest BCUT2D eigenvalue weighted by molar-refractivity contribution is 8.00. The molecule has 0 spiro atoms. The number of nitrogens with zero attached hydrogens (tertiary/aromatic N) is 1. The van der Waals surface area contributed by atoms with E-state index >= 15 is 0 Å². The van der Waals surface area contributed by atoms with Gasteiger partial charge < -0.3 is 10.0 Å². The summed E-state index contributed by atoms with van der Waals surface area (Å²) >= 11 is 1.32. The van der Waals surface area contributed by atoms with E-state index in [4.69, 9.17) is 5.11 Å². The van der Waals surface area contributed by atoms with E-state index in [1.54, 1.807) is 12.1 Å². The van der Waals surface area contributed by atoms with Crippen molar-refractivity contribution in [1.29, 1.82) is 0 Å². The molecule has 2 rings (SSSR count). The summed E-state index contributed by atoms with van der Waals surface area (Å²) in [4.78, 5) is 24.6. The summed E-state index contributed by atoms with van der Waals surface area (Å²) in [5.41, 5.74) is 0. The summed E-state index contributed by atoms with van der Waals surface area (Å²) in [5.74, 6) is -1.42. The minimum atomic E-state index is -0.856. The molecule has 18 heavy (non-hydrogen) atoms. The second kappa shape index (κ2) is 5.39. The van der Waals surface area contributed by atoms with Gasteiger partial charge in [0.05, 0.1) is 11.7 Å². The molecule has 0 bridgehead atoms. The number of carboxylic acid groups (broad SMARTS) is 1. The molecule has 1 heterocycles. The van der Waals surface area contributed by atoms with Gasteiger partial charge in [0, 0.05) is 18.0 Å². The number of rotatable bonds is 4. The molecule has 0 atom stereocenters. The van der Waals surface area contributed by atoms with Gasteiger partial charge in [0.15, 0.2) is 0 Å². The van der Waals surface area contributed by atoms with Gasteiger partial charge in [-0.1, -0.05) is 0 Å². The van der Waals surface area contributed by atoms with E-state index in [1.165, 1.54) is 28.8 Å². The number of halogens is 1. The Hall–Kier alpha value is -1.56. The Labute approximate surface area is 108 Å². The smallest absolute Gasteiger partial charge is 0.310 e. The lowest BCUT2D eigenvalue weighted by Crippen LogP contribution is -2.53. The molecule has 1 aromatic rings. The van der Waals surface area contributed by atoms with E-state index in [2.05, 4.69) is 0 Å². The number of aliphatic carboxylic acids is 1. The predicted octanol–water partition coefficient (Wildman–Crippen LogP) is 1.46. The topological polar surface area (TPSA) is 57.6 Å². The number of hydrogen-bond donors (Lipinski definition) is 1. The lowest BCUT2D eigenvalue weighted by Gasteiger charge is -2.36. The Morgan fingerprint density at radius 2 is 1.94 bits per heavy atom. The summed E-state index contributed by atoms with van der Waals surface area (Å²) in [6.07, 6.45) is 0. The zero-order valence-electron chi connectivity index (χ0n) is 9.51. The first-order valence-corrected chi connectivity index (χ1v) is 6.44. The lowest BCUT2D eigenvalue weighted by atomic mass is 10.0. The number of benzene rings is 1. The first-order valence-electron chi connectivity index (χ1n) is 5.45. The molecule has 1 aliphatic rings. The monoisotopic (exact) mass is 269 g/mol. The number of likely N-dealkylation sites (tertiary alicyclic amines) is 1. The van der Waals surface area contributed by atoms with E-state index < -0.39 is 11.9 Å². The van der Waals surface area contributed by atoms with Gasteiger partial charge in [0.2, 0.25) is 5.91 Å². The number of carboxylic acids is 1. The van der Waals surface area contributed by atoms with Crippen LogP contribution >= 0.6 is 11.8 Å². The number of hydrogen-bond acceptors (Lipinski definition) is 3. The molecule has 1 aliphatic heterocycles. The van der Waals surface area contributed by atoms with Crippen molar-refractivity contribution in [3.63, 3.8) is 0 Å². The maximum Gasteiger partial charge on any atom is 0.310 e. The van der Waals surface area contributed by atoms with Crippen molar-refractivity contribution in [2.24, 2.45) is 5.92 Å². The zero-order valence-corrected chi connectivity index (χ0v) is 10.3. The van der Waals surface area contributed by atoms with Crippen molar-refractivity contribution in [3.05, 3.63) is 30.1 Å². The van der Waals surface area contributed by atoms with Gasteiger partial charge in [0.25, 0.3) is 0 Å². The average Bonchev–Trinajstić information content (AvgIpc) is 2.25. The molecule has 0 saturated carbocycles. The lowest BCUT2D eigenvalue weighted by molar-refractivity contribution is -0.151. The van der Waals surface area contributed by atoms with E-state index in [0.29, 0.717) is 0 Å². The maximum atomic E-state index is 12.7. The summed E-state index contributed by atoms with van der Waals surface area (Å²) in [6, 6.07) is 5.92. The largest absolute Gasteiger partial charge is 0.481 e. The molecule has 0 unspecified atom stereocenters. The summed E-state index contributed by atoms with van der Waals surface area (Å²) in [6.45, 7) is 0.580. The van der Waals surface area contributed by atoms with Gasteiger partial charge in [-0.25, -0.2) is 4.39 Å². The van der Waals surface area contributed by atoms with Crippen LogP contribution in [0.2, 0.25) is 0 Å². The number of amides is 1. The fourth-order valence-corrected chi connectivity index (χ4v) is 2.41. The van der Waals surface area contributed by atoms with Crippen LogP contribution in [0.25, 0.3) is 0 Å². The normalized spacial score (nSPS) is 15.3. The van der Waals surface area contributed by atoms with E-state index in [-0.39, 0.29) is 30.6 Å². The minimum absolute atomic E-state index is 0.0816. The third-order valence-electron chi connectivity index (χ3n) is 2.76. The van der Waals surface area contributed by atoms with Gasteiger partial charge in [-0.15, -0.1) is 11.8 Å². The fourth-order valence-electron chi connectivity index (χ4n) is 1.61. The van der Waals surface area contributed by atoms with Crippen LogP contribution in [-0.2, 0) is 9.59 Å². The molecule has 0 aliphatic carbocycles. The Kier molecular flexibility index (Phi) is 3.86. The first-order chi connectivity index (χ1) is 8.56. The highest BCUT2D eigenvalue weighted by atomic mass is 32.2. The van der Waals surface area contributed by atoms with Crippen molar-refractivity contribution in [2.75, 3.05) is 18.8 Å². The van der Waals surface area contributed by atoms with Crippen LogP contribution in [0.1, 0.15) is 0 Å². The zero-order chi connectivity index (χ0) is 13.1. The van der Waals surface area contributed by atoms with Crippen LogP contribution in [0.15, 0.2) is 29.2 Å². The second-order valence-corrected chi connectivity index (χ2v) is 5.13. The fraction of sp³-hybridized carbons (Fsp3) is 0.333. The summed E-state index contributed by atoms with van der Waals surface area (Å²) in [5, 5.41) is 8.69. The summed E-state index contributed by atoms with van der Waals surface area (Å²) < 4.78 is 12.7. The molecule has 4 nitrogen and oxygen atoms in total. The predicted molar refractivity (Wildman–Crippen MR) is 64.8 cm³/mol. The SMILES string of the molecule is O=C(O)C1CN(C(=O)CSc2ccc(F)cc2)C1. The number of carbonyl (C=O) groups excluding carboxylic acids is 1. The van der Waals surface area contributed by atoms with E-state index in [1.807, 2.05) is 0 Å². The summed E-state index contributed by atoms with van der Waals surface area (Å²) in [7, 11) is 0. The van der Waals surface area contributed by atoms with Gasteiger partial charge in [-0.05, 0) is 24.3 Å². The molecule has 96 valence electrons. The molecule has 1 saturated heterocycles. The second-order valence-electron chi connectivity index (χ2n) is 4.08.